The highest BCUT2D eigenvalue weighted by molar-refractivity contribution is 8.00. The molecule has 2 aromatic carbocycles. The van der Waals surface area contributed by atoms with Crippen LogP contribution in [0.5, 0.6) is 0 Å². The van der Waals surface area contributed by atoms with Gasteiger partial charge >= 0.3 is 0 Å². The minimum atomic E-state index is -0.180. The van der Waals surface area contributed by atoms with E-state index in [4.69, 9.17) is 11.6 Å². The van der Waals surface area contributed by atoms with Gasteiger partial charge in [0.05, 0.1) is 10.6 Å². The molecule has 2 heterocycles. The highest BCUT2D eigenvalue weighted by Crippen LogP contribution is 2.38. The van der Waals surface area contributed by atoms with Crippen molar-refractivity contribution in [2.24, 2.45) is 0 Å². The molecule has 6 heteroatoms. The summed E-state index contributed by atoms with van der Waals surface area (Å²) in [7, 11) is 0. The van der Waals surface area contributed by atoms with Crippen LogP contribution >= 0.6 is 23.4 Å². The fourth-order valence-electron chi connectivity index (χ4n) is 3.01. The van der Waals surface area contributed by atoms with Gasteiger partial charge in [-0.15, -0.1) is 0 Å². The van der Waals surface area contributed by atoms with Gasteiger partial charge in [-0.3, -0.25) is 4.79 Å². The third-order valence-corrected chi connectivity index (χ3v) is 6.07. The number of rotatable bonds is 5. The Hall–Kier alpha value is -2.63. The predicted octanol–water partition coefficient (Wildman–Crippen LogP) is 5.81. The highest BCUT2D eigenvalue weighted by atomic mass is 35.5. The molecule has 0 saturated heterocycles. The number of fused-ring (bicyclic) bond motifs is 1. The van der Waals surface area contributed by atoms with E-state index < -0.39 is 0 Å². The molecule has 0 fully saturated rings. The van der Waals surface area contributed by atoms with Crippen molar-refractivity contribution in [1.29, 1.82) is 0 Å². The molecular formula is C22H18ClN3OS. The molecule has 4 nitrogen and oxygen atoms in total. The van der Waals surface area contributed by atoms with E-state index in [1.54, 1.807) is 13.3 Å². The number of halogens is 1. The van der Waals surface area contributed by atoms with Crippen LogP contribution in [0.4, 0.5) is 0 Å². The van der Waals surface area contributed by atoms with Crippen molar-refractivity contribution >= 4 is 40.2 Å². The first kappa shape index (κ1) is 18.7. The zero-order chi connectivity index (χ0) is 19.7. The van der Waals surface area contributed by atoms with Crippen LogP contribution in [-0.4, -0.2) is 25.6 Å². The molecule has 28 heavy (non-hydrogen) atoms. The maximum absolute atomic E-state index is 11.8. The summed E-state index contributed by atoms with van der Waals surface area (Å²) in [6.45, 7) is 3.51. The topological polar surface area (TPSA) is 47.8 Å². The average Bonchev–Trinajstić information content (AvgIpc) is 3.10. The number of thioether (sulfide) groups is 1. The number of carbonyl (C=O) groups excluding carboxylic acids is 1. The van der Waals surface area contributed by atoms with E-state index in [-0.39, 0.29) is 11.0 Å². The lowest BCUT2D eigenvalue weighted by Gasteiger charge is -2.09. The number of hydrogen-bond donors (Lipinski definition) is 0. The van der Waals surface area contributed by atoms with E-state index in [2.05, 4.69) is 28.3 Å². The van der Waals surface area contributed by atoms with Crippen LogP contribution in [0, 0.1) is 0 Å². The summed E-state index contributed by atoms with van der Waals surface area (Å²) in [5.74, 6) is 0.121. The molecule has 140 valence electrons. The average molecular weight is 408 g/mol. The minimum absolute atomic E-state index is 0.121. The van der Waals surface area contributed by atoms with Crippen molar-refractivity contribution in [2.45, 2.75) is 24.1 Å². The summed E-state index contributed by atoms with van der Waals surface area (Å²) in [4.78, 5) is 20.9. The van der Waals surface area contributed by atoms with Crippen molar-refractivity contribution < 1.29 is 4.79 Å². The molecular weight excluding hydrogens is 390 g/mol. The maximum atomic E-state index is 11.8. The zero-order valence-electron chi connectivity index (χ0n) is 15.5. The third kappa shape index (κ3) is 3.55. The monoisotopic (exact) mass is 407 g/mol. The number of aromatic nitrogens is 3. The molecule has 1 unspecified atom stereocenters. The Balaban J connectivity index is 1.97. The van der Waals surface area contributed by atoms with Gasteiger partial charge in [-0.1, -0.05) is 53.7 Å². The molecule has 0 aliphatic heterocycles. The summed E-state index contributed by atoms with van der Waals surface area (Å²) in [6, 6.07) is 17.8. The van der Waals surface area contributed by atoms with Gasteiger partial charge < -0.3 is 4.57 Å². The van der Waals surface area contributed by atoms with Gasteiger partial charge in [0, 0.05) is 22.5 Å². The largest absolute Gasteiger partial charge is 0.301 e. The van der Waals surface area contributed by atoms with Crippen molar-refractivity contribution in [3.8, 4) is 16.8 Å². The lowest BCUT2D eigenvalue weighted by atomic mass is 10.1. The van der Waals surface area contributed by atoms with Gasteiger partial charge in [-0.05, 0) is 43.7 Å². The second-order valence-corrected chi connectivity index (χ2v) is 8.27. The third-order valence-electron chi connectivity index (χ3n) is 4.60. The Morgan fingerprint density at radius 3 is 2.46 bits per heavy atom. The fourth-order valence-corrected chi connectivity index (χ4v) is 4.06. The molecule has 0 radical (unpaired) electrons. The number of carbonyl (C=O) groups is 1. The van der Waals surface area contributed by atoms with Gasteiger partial charge in [0.2, 0.25) is 0 Å². The second-order valence-electron chi connectivity index (χ2n) is 6.50. The molecule has 0 saturated carbocycles. The maximum Gasteiger partial charge on any atom is 0.149 e. The molecule has 0 bridgehead atoms. The molecule has 0 aliphatic carbocycles. The Kier molecular flexibility index (Phi) is 5.20. The summed E-state index contributed by atoms with van der Waals surface area (Å²) in [6.07, 6.45) is 3.62. The van der Waals surface area contributed by atoms with Crippen molar-refractivity contribution in [3.05, 3.63) is 72.1 Å². The summed E-state index contributed by atoms with van der Waals surface area (Å²) in [5, 5.41) is 2.26. The van der Waals surface area contributed by atoms with E-state index in [0.29, 0.717) is 5.02 Å². The lowest BCUT2D eigenvalue weighted by molar-refractivity contribution is -0.116. The highest BCUT2D eigenvalue weighted by Gasteiger charge is 2.20. The van der Waals surface area contributed by atoms with Gasteiger partial charge in [0.15, 0.2) is 0 Å². The van der Waals surface area contributed by atoms with Crippen molar-refractivity contribution in [3.63, 3.8) is 0 Å². The standard InChI is InChI=1S/C22H18ClN3OS/c1-14(27)15(2)28-22-20-19(16-6-4-3-5-7-16)12-26(21(20)24-13-25-22)18-10-8-17(23)9-11-18/h3-13,15H,1-2H3. The van der Waals surface area contributed by atoms with Crippen LogP contribution in [0.15, 0.2) is 72.1 Å². The van der Waals surface area contributed by atoms with E-state index >= 15 is 0 Å². The summed E-state index contributed by atoms with van der Waals surface area (Å²) in [5.41, 5.74) is 3.87. The molecule has 0 spiro atoms. The number of Topliss-reactive ketones (excluding diaryl/α,β-unsaturated/α-hetero) is 1. The molecule has 4 aromatic rings. The molecule has 0 N–H and O–H groups in total. The van der Waals surface area contributed by atoms with E-state index in [1.165, 1.54) is 11.8 Å². The molecule has 1 atom stereocenters. The molecule has 4 rings (SSSR count). The van der Waals surface area contributed by atoms with Crippen LogP contribution in [-0.2, 0) is 4.79 Å². The number of benzene rings is 2. The van der Waals surface area contributed by atoms with Crippen LogP contribution < -0.4 is 0 Å². The lowest BCUT2D eigenvalue weighted by Crippen LogP contribution is -2.08. The van der Waals surface area contributed by atoms with Gasteiger partial charge in [-0.25, -0.2) is 9.97 Å². The molecule has 0 aliphatic rings. The minimum Gasteiger partial charge on any atom is -0.301 e. The van der Waals surface area contributed by atoms with E-state index in [0.717, 1.165) is 32.9 Å². The molecule has 0 amide bonds. The Labute approximate surface area is 172 Å². The van der Waals surface area contributed by atoms with Crippen molar-refractivity contribution in [2.75, 3.05) is 0 Å². The predicted molar refractivity (Wildman–Crippen MR) is 115 cm³/mol. The fraction of sp³-hybridized carbons (Fsp3) is 0.136. The Morgan fingerprint density at radius 1 is 1.07 bits per heavy atom. The van der Waals surface area contributed by atoms with E-state index in [9.17, 15) is 4.79 Å². The van der Waals surface area contributed by atoms with Crippen LogP contribution in [0.1, 0.15) is 13.8 Å². The van der Waals surface area contributed by atoms with Crippen LogP contribution in [0.25, 0.3) is 27.8 Å². The Bertz CT molecular complexity index is 1140. The number of hydrogen-bond acceptors (Lipinski definition) is 4. The Morgan fingerprint density at radius 2 is 1.79 bits per heavy atom. The van der Waals surface area contributed by atoms with Crippen LogP contribution in [0.3, 0.4) is 0 Å². The normalized spacial score (nSPS) is 12.2. The summed E-state index contributed by atoms with van der Waals surface area (Å²) >= 11 is 7.53. The quantitative estimate of drug-likeness (QED) is 0.309. The second kappa shape index (κ2) is 7.78. The zero-order valence-corrected chi connectivity index (χ0v) is 17.0. The van der Waals surface area contributed by atoms with Crippen LogP contribution in [0.2, 0.25) is 5.02 Å². The summed E-state index contributed by atoms with van der Waals surface area (Å²) < 4.78 is 2.04. The van der Waals surface area contributed by atoms with Gasteiger partial charge in [0.25, 0.3) is 0 Å². The SMILES string of the molecule is CC(=O)C(C)Sc1ncnc2c1c(-c1ccccc1)cn2-c1ccc(Cl)cc1. The van der Waals surface area contributed by atoms with Gasteiger partial charge in [-0.2, -0.15) is 0 Å². The van der Waals surface area contributed by atoms with Gasteiger partial charge in [0.1, 0.15) is 22.8 Å². The number of ketones is 1. The van der Waals surface area contributed by atoms with Crippen molar-refractivity contribution in [1.82, 2.24) is 14.5 Å². The first-order valence-corrected chi connectivity index (χ1v) is 10.1. The van der Waals surface area contributed by atoms with E-state index in [1.807, 2.05) is 54.0 Å². The smallest absolute Gasteiger partial charge is 0.149 e. The molecule has 2 aromatic heterocycles. The number of nitrogens with zero attached hydrogens (tertiary/aromatic N) is 3. The first-order chi connectivity index (χ1) is 13.5. The first-order valence-electron chi connectivity index (χ1n) is 8.89.